The minimum atomic E-state index is -0.670. The Balaban J connectivity index is 1.69. The molecule has 0 radical (unpaired) electrons. The van der Waals surface area contributed by atoms with Crippen molar-refractivity contribution in [2.75, 3.05) is 21.3 Å². The van der Waals surface area contributed by atoms with Gasteiger partial charge in [0.2, 0.25) is 5.95 Å². The molecule has 0 fully saturated rings. The molecule has 0 aliphatic rings. The number of nitrogens with zero attached hydrogens (tertiary/aromatic N) is 2. The Hall–Kier alpha value is -4.41. The lowest BCUT2D eigenvalue weighted by Gasteiger charge is -2.19. The van der Waals surface area contributed by atoms with Crippen molar-refractivity contribution in [3.05, 3.63) is 60.5 Å². The van der Waals surface area contributed by atoms with Gasteiger partial charge in [-0.15, -0.1) is 0 Å². The number of halogens is 1. The van der Waals surface area contributed by atoms with Gasteiger partial charge in [0.15, 0.2) is 11.6 Å². The second-order valence-electron chi connectivity index (χ2n) is 10.1. The molecule has 1 heterocycles. The van der Waals surface area contributed by atoms with Gasteiger partial charge in [-0.25, -0.2) is 19.0 Å². The van der Waals surface area contributed by atoms with Crippen molar-refractivity contribution in [1.29, 1.82) is 0 Å². The Morgan fingerprint density at radius 2 is 1.22 bits per heavy atom. The van der Waals surface area contributed by atoms with Crippen LogP contribution in [0, 0.1) is 5.82 Å². The van der Waals surface area contributed by atoms with E-state index in [-0.39, 0.29) is 11.8 Å². The molecule has 0 atom stereocenters. The first-order valence-electron chi connectivity index (χ1n) is 11.5. The van der Waals surface area contributed by atoms with Crippen molar-refractivity contribution in [2.45, 2.75) is 52.7 Å². The van der Waals surface area contributed by atoms with E-state index in [4.69, 9.17) is 9.47 Å². The summed E-state index contributed by atoms with van der Waals surface area (Å²) < 4.78 is 25.0. The number of carbonyl (C=O) groups excluding carboxylic acids is 2. The van der Waals surface area contributed by atoms with E-state index < -0.39 is 29.2 Å². The van der Waals surface area contributed by atoms with E-state index in [9.17, 15) is 14.0 Å². The Morgan fingerprint density at radius 3 is 1.70 bits per heavy atom. The van der Waals surface area contributed by atoms with E-state index in [1.54, 1.807) is 90.1 Å². The summed E-state index contributed by atoms with van der Waals surface area (Å²) >= 11 is 0. The van der Waals surface area contributed by atoms with Crippen molar-refractivity contribution < 1.29 is 23.5 Å². The fourth-order valence-electron chi connectivity index (χ4n) is 2.97. The highest BCUT2D eigenvalue weighted by Gasteiger charge is 2.17. The van der Waals surface area contributed by atoms with Crippen LogP contribution in [0.3, 0.4) is 0 Å². The molecule has 4 N–H and O–H groups in total. The maximum Gasteiger partial charge on any atom is 0.412 e. The number of benzene rings is 2. The van der Waals surface area contributed by atoms with Crippen LogP contribution >= 0.6 is 0 Å². The maximum absolute atomic E-state index is 14.5. The molecule has 0 saturated heterocycles. The molecule has 0 bridgehead atoms. The summed E-state index contributed by atoms with van der Waals surface area (Å²) in [5.41, 5.74) is 0.737. The molecule has 3 rings (SSSR count). The molecule has 10 nitrogen and oxygen atoms in total. The summed E-state index contributed by atoms with van der Waals surface area (Å²) in [7, 11) is 0. The zero-order valence-corrected chi connectivity index (χ0v) is 21.6. The van der Waals surface area contributed by atoms with Gasteiger partial charge in [-0.05, 0) is 77.9 Å². The quantitative estimate of drug-likeness (QED) is 0.285. The summed E-state index contributed by atoms with van der Waals surface area (Å²) in [6, 6.07) is 13.5. The monoisotopic (exact) mass is 510 g/mol. The molecule has 1 aromatic heterocycles. The van der Waals surface area contributed by atoms with Crippen LogP contribution in [0.5, 0.6) is 0 Å². The molecule has 196 valence electrons. The average Bonchev–Trinajstić information content (AvgIpc) is 2.74. The van der Waals surface area contributed by atoms with Crippen molar-refractivity contribution in [1.82, 2.24) is 9.97 Å². The number of aromatic nitrogens is 2. The largest absolute Gasteiger partial charge is 0.444 e. The molecule has 0 aliphatic carbocycles. The van der Waals surface area contributed by atoms with Crippen LogP contribution in [0.15, 0.2) is 54.7 Å². The van der Waals surface area contributed by atoms with Crippen LogP contribution in [-0.2, 0) is 9.47 Å². The minimum Gasteiger partial charge on any atom is -0.444 e. The Kier molecular flexibility index (Phi) is 8.16. The van der Waals surface area contributed by atoms with E-state index in [0.717, 1.165) is 6.20 Å². The SMILES string of the molecule is CC(C)(C)OC(=O)Nc1cccc(Nc2ncc(F)c(Nc3cccc(NC(=O)OC(C)(C)C)c3)n2)c1. The van der Waals surface area contributed by atoms with Crippen LogP contribution < -0.4 is 21.3 Å². The van der Waals surface area contributed by atoms with Gasteiger partial charge in [-0.3, -0.25) is 10.6 Å². The number of ether oxygens (including phenoxy) is 2. The maximum atomic E-state index is 14.5. The fourth-order valence-corrected chi connectivity index (χ4v) is 2.97. The average molecular weight is 511 g/mol. The first-order valence-corrected chi connectivity index (χ1v) is 11.5. The molecule has 0 spiro atoms. The van der Waals surface area contributed by atoms with Crippen LogP contribution in [0.25, 0.3) is 0 Å². The van der Waals surface area contributed by atoms with Gasteiger partial charge in [-0.1, -0.05) is 12.1 Å². The van der Waals surface area contributed by atoms with Gasteiger partial charge < -0.3 is 20.1 Å². The predicted molar refractivity (Wildman–Crippen MR) is 141 cm³/mol. The van der Waals surface area contributed by atoms with Gasteiger partial charge in [0.1, 0.15) is 11.2 Å². The molecule has 37 heavy (non-hydrogen) atoms. The summed E-state index contributed by atoms with van der Waals surface area (Å²) in [6.07, 6.45) is -0.159. The molecule has 0 saturated carbocycles. The second-order valence-corrected chi connectivity index (χ2v) is 10.1. The highest BCUT2D eigenvalue weighted by molar-refractivity contribution is 5.86. The lowest BCUT2D eigenvalue weighted by atomic mass is 10.2. The van der Waals surface area contributed by atoms with Gasteiger partial charge in [0, 0.05) is 22.7 Å². The third kappa shape index (κ3) is 9.28. The standard InChI is InChI=1S/C26H31FN6O4/c1-25(2,3)36-23(34)31-18-11-7-9-16(13-18)29-21-20(27)15-28-22(33-21)30-17-10-8-12-19(14-17)32-24(35)37-26(4,5)6/h7-15H,1-6H3,(H,31,34)(H,32,35)(H2,28,29,30,33). The minimum absolute atomic E-state index is 0.0741. The van der Waals surface area contributed by atoms with E-state index >= 15 is 0 Å². The first kappa shape index (κ1) is 27.2. The highest BCUT2D eigenvalue weighted by atomic mass is 19.1. The van der Waals surface area contributed by atoms with Crippen LogP contribution in [0.2, 0.25) is 0 Å². The van der Waals surface area contributed by atoms with Crippen molar-refractivity contribution in [3.63, 3.8) is 0 Å². The Labute approximate surface area is 215 Å². The van der Waals surface area contributed by atoms with Crippen LogP contribution in [-0.4, -0.2) is 33.4 Å². The molecular formula is C26H31FN6O4. The highest BCUT2D eigenvalue weighted by Crippen LogP contribution is 2.24. The Bertz CT molecular complexity index is 1270. The number of anilines is 6. The predicted octanol–water partition coefficient (Wildman–Crippen LogP) is 6.80. The number of rotatable bonds is 6. The lowest BCUT2D eigenvalue weighted by molar-refractivity contribution is 0.0624. The molecule has 0 aliphatic heterocycles. The van der Waals surface area contributed by atoms with E-state index in [1.807, 2.05) is 0 Å². The second kappa shape index (κ2) is 11.1. The van der Waals surface area contributed by atoms with Gasteiger partial charge in [-0.2, -0.15) is 4.98 Å². The number of hydrogen-bond acceptors (Lipinski definition) is 8. The zero-order chi connectivity index (χ0) is 27.2. The van der Waals surface area contributed by atoms with Gasteiger partial charge in [0.25, 0.3) is 0 Å². The van der Waals surface area contributed by atoms with E-state index in [1.165, 1.54) is 0 Å². The Morgan fingerprint density at radius 1 is 0.757 bits per heavy atom. The number of nitrogens with one attached hydrogen (secondary N) is 4. The topological polar surface area (TPSA) is 126 Å². The molecule has 11 heteroatoms. The van der Waals surface area contributed by atoms with Gasteiger partial charge in [0.05, 0.1) is 6.20 Å². The first-order chi connectivity index (χ1) is 17.3. The fraction of sp³-hybridized carbons (Fsp3) is 0.308. The summed E-state index contributed by atoms with van der Waals surface area (Å²) in [5, 5.41) is 11.2. The third-order valence-electron chi connectivity index (χ3n) is 4.28. The van der Waals surface area contributed by atoms with Crippen molar-refractivity contribution in [2.24, 2.45) is 0 Å². The van der Waals surface area contributed by atoms with E-state index in [2.05, 4.69) is 31.2 Å². The normalized spacial score (nSPS) is 11.3. The molecule has 2 aromatic carbocycles. The van der Waals surface area contributed by atoms with Crippen LogP contribution in [0.4, 0.5) is 48.5 Å². The smallest absolute Gasteiger partial charge is 0.412 e. The zero-order valence-electron chi connectivity index (χ0n) is 21.6. The molecule has 2 amide bonds. The summed E-state index contributed by atoms with van der Waals surface area (Å²) in [4.78, 5) is 32.3. The molecule has 3 aromatic rings. The van der Waals surface area contributed by atoms with Crippen LogP contribution in [0.1, 0.15) is 41.5 Å². The lowest BCUT2D eigenvalue weighted by Crippen LogP contribution is -2.27. The van der Waals surface area contributed by atoms with Gasteiger partial charge >= 0.3 is 12.2 Å². The number of hydrogen-bond donors (Lipinski definition) is 4. The number of carbonyl (C=O) groups is 2. The molecule has 0 unspecified atom stereocenters. The van der Waals surface area contributed by atoms with E-state index in [0.29, 0.717) is 22.7 Å². The molecular weight excluding hydrogens is 479 g/mol. The van der Waals surface area contributed by atoms with Crippen molar-refractivity contribution in [3.8, 4) is 0 Å². The summed E-state index contributed by atoms with van der Waals surface area (Å²) in [5.74, 6) is -0.618. The van der Waals surface area contributed by atoms with Crippen molar-refractivity contribution >= 4 is 46.7 Å². The third-order valence-corrected chi connectivity index (χ3v) is 4.28. The number of amides is 2. The summed E-state index contributed by atoms with van der Waals surface area (Å²) in [6.45, 7) is 10.6.